The Labute approximate surface area is 165 Å². The van der Waals surface area contributed by atoms with Crippen LogP contribution in [0.3, 0.4) is 0 Å². The Morgan fingerprint density at radius 3 is 2.75 bits per heavy atom. The Morgan fingerprint density at radius 2 is 2.00 bits per heavy atom. The molecule has 0 saturated carbocycles. The number of carbonyl (C=O) groups is 1. The van der Waals surface area contributed by atoms with Crippen LogP contribution in [0, 0.1) is 6.92 Å². The summed E-state index contributed by atoms with van der Waals surface area (Å²) >= 11 is 0. The smallest absolute Gasteiger partial charge is 0.413 e. The van der Waals surface area contributed by atoms with Gasteiger partial charge in [-0.3, -0.25) is 4.90 Å². The second kappa shape index (κ2) is 8.89. The molecule has 0 atom stereocenters. The number of rotatable bonds is 7. The van der Waals surface area contributed by atoms with Gasteiger partial charge in [0.1, 0.15) is 13.3 Å². The molecule has 0 heterocycles. The van der Waals surface area contributed by atoms with Crippen molar-refractivity contribution in [2.45, 2.75) is 39.7 Å². The molecule has 0 unspecified atom stereocenters. The van der Waals surface area contributed by atoms with E-state index in [4.69, 9.17) is 9.57 Å². The van der Waals surface area contributed by atoms with E-state index in [-0.39, 0.29) is 13.3 Å². The third-order valence-electron chi connectivity index (χ3n) is 5.09. The van der Waals surface area contributed by atoms with Crippen LogP contribution in [0.5, 0.6) is 0 Å². The van der Waals surface area contributed by atoms with Crippen LogP contribution in [-0.4, -0.2) is 30.8 Å². The summed E-state index contributed by atoms with van der Waals surface area (Å²) in [5.74, 6) is 0. The van der Waals surface area contributed by atoms with Gasteiger partial charge < -0.3 is 14.7 Å². The highest BCUT2D eigenvalue weighted by Gasteiger charge is 2.19. The molecule has 28 heavy (non-hydrogen) atoms. The quantitative estimate of drug-likeness (QED) is 0.434. The van der Waals surface area contributed by atoms with E-state index >= 15 is 0 Å². The van der Waals surface area contributed by atoms with Crippen molar-refractivity contribution in [3.63, 3.8) is 0 Å². The predicted octanol–water partition coefficient (Wildman–Crippen LogP) is 4.51. The zero-order valence-electron chi connectivity index (χ0n) is 16.6. The molecule has 6 heteroatoms. The Balaban J connectivity index is 1.77. The third kappa shape index (κ3) is 4.34. The average molecular weight is 382 g/mol. The summed E-state index contributed by atoms with van der Waals surface area (Å²) in [4.78, 5) is 18.4. The van der Waals surface area contributed by atoms with Gasteiger partial charge in [0, 0.05) is 12.7 Å². The normalized spacial score (nSPS) is 13.3. The van der Waals surface area contributed by atoms with E-state index in [2.05, 4.69) is 23.4 Å². The molecule has 1 aliphatic rings. The molecule has 6 nitrogen and oxygen atoms in total. The lowest BCUT2D eigenvalue weighted by Gasteiger charge is -2.22. The number of methoxy groups -OCH3 is 1. The van der Waals surface area contributed by atoms with E-state index < -0.39 is 6.09 Å². The summed E-state index contributed by atoms with van der Waals surface area (Å²) in [6, 6.07) is 11.9. The molecule has 2 aromatic rings. The second-order valence-electron chi connectivity index (χ2n) is 6.99. The molecular formula is C22H26N2O4. The first-order chi connectivity index (χ1) is 13.5. The largest absolute Gasteiger partial charge is 0.465 e. The van der Waals surface area contributed by atoms with E-state index in [1.807, 2.05) is 26.0 Å². The van der Waals surface area contributed by atoms with Crippen LogP contribution in [0.15, 0.2) is 41.6 Å². The van der Waals surface area contributed by atoms with Gasteiger partial charge in [0.25, 0.3) is 0 Å². The van der Waals surface area contributed by atoms with Crippen LogP contribution in [-0.2, 0) is 29.0 Å². The zero-order chi connectivity index (χ0) is 20.1. The molecule has 0 bridgehead atoms. The molecule has 2 aromatic carbocycles. The summed E-state index contributed by atoms with van der Waals surface area (Å²) < 4.78 is 5.03. The van der Waals surface area contributed by atoms with Crippen molar-refractivity contribution in [3.8, 4) is 0 Å². The summed E-state index contributed by atoms with van der Waals surface area (Å²) in [5.41, 5.74) is 6.92. The first kappa shape index (κ1) is 19.9. The SMILES string of the molecule is COCN(C(=O)O)c1cccc(C)c1CON=C(C)c1ccc2c(c1)CCC2. The van der Waals surface area contributed by atoms with Gasteiger partial charge >= 0.3 is 6.09 Å². The van der Waals surface area contributed by atoms with E-state index in [1.165, 1.54) is 24.7 Å². The summed E-state index contributed by atoms with van der Waals surface area (Å²) in [6.45, 7) is 3.97. The molecule has 1 amide bonds. The van der Waals surface area contributed by atoms with Crippen LogP contribution < -0.4 is 4.90 Å². The summed E-state index contributed by atoms with van der Waals surface area (Å²) in [6.07, 6.45) is 2.41. The van der Waals surface area contributed by atoms with Crippen LogP contribution in [0.2, 0.25) is 0 Å². The Kier molecular flexibility index (Phi) is 6.31. The third-order valence-corrected chi connectivity index (χ3v) is 5.09. The van der Waals surface area contributed by atoms with Gasteiger partial charge in [-0.15, -0.1) is 0 Å². The van der Waals surface area contributed by atoms with Gasteiger partial charge in [0.2, 0.25) is 0 Å². The Hall–Kier alpha value is -2.86. The van der Waals surface area contributed by atoms with Gasteiger partial charge in [-0.25, -0.2) is 4.79 Å². The van der Waals surface area contributed by atoms with Crippen molar-refractivity contribution in [2.75, 3.05) is 18.7 Å². The van der Waals surface area contributed by atoms with Gasteiger partial charge in [-0.05, 0) is 67.5 Å². The minimum Gasteiger partial charge on any atom is -0.465 e. The Morgan fingerprint density at radius 1 is 1.21 bits per heavy atom. The minimum absolute atomic E-state index is 0.0524. The highest BCUT2D eigenvalue weighted by Crippen LogP contribution is 2.26. The van der Waals surface area contributed by atoms with Crippen molar-refractivity contribution < 1.29 is 19.5 Å². The summed E-state index contributed by atoms with van der Waals surface area (Å²) in [7, 11) is 1.46. The highest BCUT2D eigenvalue weighted by atomic mass is 16.6. The lowest BCUT2D eigenvalue weighted by Crippen LogP contribution is -2.32. The first-order valence-corrected chi connectivity index (χ1v) is 9.38. The number of benzene rings is 2. The molecule has 148 valence electrons. The molecule has 0 radical (unpaired) electrons. The average Bonchev–Trinajstić information content (AvgIpc) is 3.15. The number of hydrogen-bond donors (Lipinski definition) is 1. The molecule has 0 spiro atoms. The maximum atomic E-state index is 11.6. The fourth-order valence-electron chi connectivity index (χ4n) is 3.53. The molecule has 3 rings (SSSR count). The topological polar surface area (TPSA) is 71.4 Å². The number of nitrogens with zero attached hydrogens (tertiary/aromatic N) is 2. The minimum atomic E-state index is -1.08. The van der Waals surface area contributed by atoms with E-state index in [1.54, 1.807) is 6.07 Å². The van der Waals surface area contributed by atoms with Gasteiger partial charge in [0.15, 0.2) is 0 Å². The Bertz CT molecular complexity index is 892. The molecule has 0 fully saturated rings. The monoisotopic (exact) mass is 382 g/mol. The number of anilines is 1. The number of oxime groups is 1. The zero-order valence-corrected chi connectivity index (χ0v) is 16.6. The maximum Gasteiger partial charge on any atom is 0.413 e. The lowest BCUT2D eigenvalue weighted by molar-refractivity contribution is 0.129. The van der Waals surface area contributed by atoms with Crippen LogP contribution in [0.25, 0.3) is 0 Å². The van der Waals surface area contributed by atoms with Gasteiger partial charge in [-0.1, -0.05) is 29.4 Å². The van der Waals surface area contributed by atoms with Gasteiger partial charge in [-0.2, -0.15) is 0 Å². The summed E-state index contributed by atoms with van der Waals surface area (Å²) in [5, 5.41) is 13.8. The molecule has 1 N–H and O–H groups in total. The molecule has 1 aliphatic carbocycles. The molecule has 0 saturated heterocycles. The highest BCUT2D eigenvalue weighted by molar-refractivity contribution is 5.98. The van der Waals surface area contributed by atoms with E-state index in [0.717, 1.165) is 40.1 Å². The van der Waals surface area contributed by atoms with Crippen molar-refractivity contribution in [3.05, 3.63) is 64.2 Å². The van der Waals surface area contributed by atoms with Crippen LogP contribution >= 0.6 is 0 Å². The van der Waals surface area contributed by atoms with Gasteiger partial charge in [0.05, 0.1) is 11.4 Å². The molecule has 0 aliphatic heterocycles. The first-order valence-electron chi connectivity index (χ1n) is 9.38. The van der Waals surface area contributed by atoms with E-state index in [9.17, 15) is 9.90 Å². The predicted molar refractivity (Wildman–Crippen MR) is 109 cm³/mol. The number of carboxylic acid groups (broad SMARTS) is 1. The number of hydrogen-bond acceptors (Lipinski definition) is 4. The van der Waals surface area contributed by atoms with E-state index in [0.29, 0.717) is 5.69 Å². The molecular weight excluding hydrogens is 356 g/mol. The van der Waals surface area contributed by atoms with Crippen molar-refractivity contribution in [1.82, 2.24) is 0 Å². The fourth-order valence-corrected chi connectivity index (χ4v) is 3.53. The number of fused-ring (bicyclic) bond motifs is 1. The molecule has 0 aromatic heterocycles. The lowest BCUT2D eigenvalue weighted by atomic mass is 10.0. The van der Waals surface area contributed by atoms with Crippen molar-refractivity contribution in [2.24, 2.45) is 5.16 Å². The maximum absolute atomic E-state index is 11.6. The number of aryl methyl sites for hydroxylation is 3. The van der Waals surface area contributed by atoms with Crippen molar-refractivity contribution in [1.29, 1.82) is 0 Å². The van der Waals surface area contributed by atoms with Crippen LogP contribution in [0.1, 0.15) is 41.2 Å². The standard InChI is InChI=1S/C22H26N2O4/c1-15-6-4-9-21(24(14-27-3)22(25)26)20(15)13-28-23-16(2)18-11-10-17-7-5-8-19(17)12-18/h4,6,9-12H,5,7-8,13-14H2,1-3H3,(H,25,26). The van der Waals surface area contributed by atoms with Crippen molar-refractivity contribution >= 4 is 17.5 Å². The number of ether oxygens (including phenoxy) is 1. The fraction of sp³-hybridized carbons (Fsp3) is 0.364. The second-order valence-corrected chi connectivity index (χ2v) is 6.99. The number of amides is 1. The van der Waals surface area contributed by atoms with Crippen LogP contribution in [0.4, 0.5) is 10.5 Å².